The third-order valence-corrected chi connectivity index (χ3v) is 4.25. The molecule has 6 heteroatoms. The van der Waals surface area contributed by atoms with Crippen LogP contribution >= 0.6 is 0 Å². The molecule has 2 rings (SSSR count). The van der Waals surface area contributed by atoms with Crippen LogP contribution in [-0.2, 0) is 6.42 Å². The highest BCUT2D eigenvalue weighted by molar-refractivity contribution is 5.73. The van der Waals surface area contributed by atoms with Gasteiger partial charge in [0, 0.05) is 24.6 Å². The normalized spacial score (nSPS) is 13.3. The van der Waals surface area contributed by atoms with E-state index in [9.17, 15) is 9.90 Å². The monoisotopic (exact) mass is 345 g/mol. The standard InChI is InChI=1S/C19H27N3O3/c1-13(23)11-17(16-7-5-4-6-8-16)12-21-19(24)20-10-9-18-14(2)22-25-15(18)3/h4-8,13,17,23H,9-12H2,1-3H3,(H2,20,21,24). The molecule has 0 saturated carbocycles. The fraction of sp³-hybridized carbons (Fsp3) is 0.474. The number of aliphatic hydroxyl groups is 1. The Kier molecular flexibility index (Phi) is 7.01. The fourth-order valence-electron chi connectivity index (χ4n) is 2.91. The van der Waals surface area contributed by atoms with E-state index in [0.29, 0.717) is 25.9 Å². The van der Waals surface area contributed by atoms with Gasteiger partial charge in [0.15, 0.2) is 0 Å². The number of amides is 2. The van der Waals surface area contributed by atoms with E-state index in [2.05, 4.69) is 15.8 Å². The van der Waals surface area contributed by atoms with E-state index in [1.165, 1.54) is 0 Å². The van der Waals surface area contributed by atoms with E-state index >= 15 is 0 Å². The minimum atomic E-state index is -0.422. The maximum atomic E-state index is 12.0. The molecule has 0 spiro atoms. The van der Waals surface area contributed by atoms with Crippen LogP contribution in [0.25, 0.3) is 0 Å². The summed E-state index contributed by atoms with van der Waals surface area (Å²) in [5, 5.41) is 19.4. The Balaban J connectivity index is 1.80. The number of aliphatic hydroxyl groups excluding tert-OH is 1. The van der Waals surface area contributed by atoms with E-state index in [0.717, 1.165) is 22.6 Å². The summed E-state index contributed by atoms with van der Waals surface area (Å²) in [6.45, 7) is 6.52. The highest BCUT2D eigenvalue weighted by atomic mass is 16.5. The molecule has 0 radical (unpaired) electrons. The van der Waals surface area contributed by atoms with Crippen LogP contribution in [-0.4, -0.2) is 35.5 Å². The van der Waals surface area contributed by atoms with Crippen LogP contribution in [0.4, 0.5) is 4.79 Å². The van der Waals surface area contributed by atoms with E-state index in [1.807, 2.05) is 44.2 Å². The van der Waals surface area contributed by atoms with Gasteiger partial charge in [-0.05, 0) is 39.2 Å². The van der Waals surface area contributed by atoms with Gasteiger partial charge in [-0.25, -0.2) is 4.79 Å². The molecule has 136 valence electrons. The topological polar surface area (TPSA) is 87.4 Å². The summed E-state index contributed by atoms with van der Waals surface area (Å²) in [6, 6.07) is 9.71. The molecule has 0 aliphatic heterocycles. The molecule has 6 nitrogen and oxygen atoms in total. The maximum absolute atomic E-state index is 12.0. The van der Waals surface area contributed by atoms with E-state index in [1.54, 1.807) is 6.92 Å². The van der Waals surface area contributed by atoms with Crippen LogP contribution in [0.1, 0.15) is 41.8 Å². The zero-order valence-corrected chi connectivity index (χ0v) is 15.1. The molecule has 0 saturated heterocycles. The highest BCUT2D eigenvalue weighted by Gasteiger charge is 2.15. The largest absolute Gasteiger partial charge is 0.393 e. The van der Waals surface area contributed by atoms with Gasteiger partial charge in [0.25, 0.3) is 0 Å². The van der Waals surface area contributed by atoms with Crippen molar-refractivity contribution in [2.45, 2.75) is 45.6 Å². The van der Waals surface area contributed by atoms with Crippen LogP contribution < -0.4 is 10.6 Å². The molecule has 0 fully saturated rings. The molecule has 0 bridgehead atoms. The summed E-state index contributed by atoms with van der Waals surface area (Å²) in [7, 11) is 0. The summed E-state index contributed by atoms with van der Waals surface area (Å²) >= 11 is 0. The van der Waals surface area contributed by atoms with Crippen molar-refractivity contribution in [2.75, 3.05) is 13.1 Å². The Morgan fingerprint density at radius 3 is 2.56 bits per heavy atom. The summed E-state index contributed by atoms with van der Waals surface area (Å²) in [4.78, 5) is 12.0. The number of aromatic nitrogens is 1. The Labute approximate surface area is 148 Å². The van der Waals surface area contributed by atoms with Crippen molar-refractivity contribution in [3.05, 3.63) is 52.9 Å². The molecule has 3 N–H and O–H groups in total. The summed E-state index contributed by atoms with van der Waals surface area (Å²) in [6.07, 6.45) is 0.864. The lowest BCUT2D eigenvalue weighted by molar-refractivity contribution is 0.173. The SMILES string of the molecule is Cc1noc(C)c1CCNC(=O)NCC(CC(C)O)c1ccccc1. The van der Waals surface area contributed by atoms with Gasteiger partial charge in [0.1, 0.15) is 5.76 Å². The number of hydrogen-bond acceptors (Lipinski definition) is 4. The lowest BCUT2D eigenvalue weighted by Crippen LogP contribution is -2.39. The predicted molar refractivity (Wildman–Crippen MR) is 96.6 cm³/mol. The first-order valence-corrected chi connectivity index (χ1v) is 8.63. The second-order valence-corrected chi connectivity index (χ2v) is 6.38. The van der Waals surface area contributed by atoms with Crippen LogP contribution in [0.3, 0.4) is 0 Å². The van der Waals surface area contributed by atoms with Gasteiger partial charge in [-0.1, -0.05) is 35.5 Å². The minimum absolute atomic E-state index is 0.0783. The number of carbonyl (C=O) groups is 1. The van der Waals surface area contributed by atoms with Crippen molar-refractivity contribution < 1.29 is 14.4 Å². The van der Waals surface area contributed by atoms with Crippen LogP contribution in [0.5, 0.6) is 0 Å². The number of rotatable bonds is 8. The molecule has 0 aliphatic rings. The predicted octanol–water partition coefficient (Wildman–Crippen LogP) is 2.69. The number of aryl methyl sites for hydroxylation is 2. The first kappa shape index (κ1) is 19.0. The maximum Gasteiger partial charge on any atom is 0.314 e. The van der Waals surface area contributed by atoms with Gasteiger partial charge < -0.3 is 20.3 Å². The molecule has 25 heavy (non-hydrogen) atoms. The lowest BCUT2D eigenvalue weighted by atomic mass is 9.93. The average molecular weight is 345 g/mol. The van der Waals surface area contributed by atoms with Gasteiger partial charge >= 0.3 is 6.03 Å². The van der Waals surface area contributed by atoms with E-state index < -0.39 is 6.10 Å². The van der Waals surface area contributed by atoms with Gasteiger partial charge in [-0.3, -0.25) is 0 Å². The molecule has 1 aromatic carbocycles. The minimum Gasteiger partial charge on any atom is -0.393 e. The lowest BCUT2D eigenvalue weighted by Gasteiger charge is -2.20. The Bertz CT molecular complexity index is 648. The molecular formula is C19H27N3O3. The van der Waals surface area contributed by atoms with Crippen LogP contribution in [0.2, 0.25) is 0 Å². The Morgan fingerprint density at radius 2 is 1.96 bits per heavy atom. The number of hydrogen-bond donors (Lipinski definition) is 3. The van der Waals surface area contributed by atoms with Crippen molar-refractivity contribution in [3.63, 3.8) is 0 Å². The average Bonchev–Trinajstić information content (AvgIpc) is 2.91. The smallest absolute Gasteiger partial charge is 0.314 e. The molecular weight excluding hydrogens is 318 g/mol. The zero-order chi connectivity index (χ0) is 18.2. The molecule has 2 atom stereocenters. The second-order valence-electron chi connectivity index (χ2n) is 6.38. The van der Waals surface area contributed by atoms with Crippen molar-refractivity contribution in [1.29, 1.82) is 0 Å². The molecule has 0 aliphatic carbocycles. The quantitative estimate of drug-likeness (QED) is 0.686. The van der Waals surface area contributed by atoms with E-state index in [4.69, 9.17) is 4.52 Å². The van der Waals surface area contributed by atoms with Crippen molar-refractivity contribution in [3.8, 4) is 0 Å². The number of nitrogens with one attached hydrogen (secondary N) is 2. The Morgan fingerprint density at radius 1 is 1.24 bits per heavy atom. The third-order valence-electron chi connectivity index (χ3n) is 4.25. The number of benzene rings is 1. The molecule has 1 heterocycles. The van der Waals surface area contributed by atoms with Crippen molar-refractivity contribution >= 4 is 6.03 Å². The molecule has 2 unspecified atom stereocenters. The fourth-order valence-corrected chi connectivity index (χ4v) is 2.91. The molecule has 1 aromatic heterocycles. The first-order chi connectivity index (χ1) is 12.0. The van der Waals surface area contributed by atoms with E-state index in [-0.39, 0.29) is 11.9 Å². The van der Waals surface area contributed by atoms with Crippen molar-refractivity contribution in [1.82, 2.24) is 15.8 Å². The van der Waals surface area contributed by atoms with Crippen molar-refractivity contribution in [2.24, 2.45) is 0 Å². The zero-order valence-electron chi connectivity index (χ0n) is 15.1. The number of nitrogens with zero attached hydrogens (tertiary/aromatic N) is 1. The molecule has 2 amide bonds. The van der Waals surface area contributed by atoms with Gasteiger partial charge in [-0.2, -0.15) is 0 Å². The third kappa shape index (κ3) is 5.90. The Hall–Kier alpha value is -2.34. The van der Waals surface area contributed by atoms with Gasteiger partial charge in [0.2, 0.25) is 0 Å². The summed E-state index contributed by atoms with van der Waals surface area (Å²) in [5.74, 6) is 0.871. The number of urea groups is 1. The first-order valence-electron chi connectivity index (χ1n) is 8.63. The van der Waals surface area contributed by atoms with Gasteiger partial charge in [0.05, 0.1) is 11.8 Å². The molecule has 2 aromatic rings. The second kappa shape index (κ2) is 9.22. The number of carbonyl (C=O) groups excluding carboxylic acids is 1. The summed E-state index contributed by atoms with van der Waals surface area (Å²) in [5.41, 5.74) is 3.01. The highest BCUT2D eigenvalue weighted by Crippen LogP contribution is 2.20. The van der Waals surface area contributed by atoms with Crippen LogP contribution in [0, 0.1) is 13.8 Å². The van der Waals surface area contributed by atoms with Gasteiger partial charge in [-0.15, -0.1) is 0 Å². The van der Waals surface area contributed by atoms with Crippen LogP contribution in [0.15, 0.2) is 34.9 Å². The summed E-state index contributed by atoms with van der Waals surface area (Å²) < 4.78 is 5.12.